The molecule has 2 atom stereocenters. The second-order valence-corrected chi connectivity index (χ2v) is 8.40. The third kappa shape index (κ3) is 3.23. The number of hydrogen-bond donors (Lipinski definition) is 4. The van der Waals surface area contributed by atoms with Crippen LogP contribution in [0.2, 0.25) is 5.02 Å². The molecular formula is C20H22ClN7O2. The molecule has 4 N–H and O–H groups in total. The highest BCUT2D eigenvalue weighted by atomic mass is 35.5. The molecule has 0 radical (unpaired) electrons. The molecule has 2 aliphatic rings. The van der Waals surface area contributed by atoms with Crippen molar-refractivity contribution in [2.45, 2.75) is 12.8 Å². The van der Waals surface area contributed by atoms with Gasteiger partial charge in [0.05, 0.1) is 23.3 Å². The smallest absolute Gasteiger partial charge is 0.311 e. The van der Waals surface area contributed by atoms with E-state index in [4.69, 9.17) is 11.6 Å². The Bertz CT molecular complexity index is 1100. The zero-order valence-corrected chi connectivity index (χ0v) is 17.0. The molecule has 2 saturated heterocycles. The van der Waals surface area contributed by atoms with E-state index in [9.17, 15) is 9.90 Å². The Morgan fingerprint density at radius 3 is 3.10 bits per heavy atom. The van der Waals surface area contributed by atoms with Gasteiger partial charge in [-0.2, -0.15) is 10.1 Å². The molecule has 1 aromatic carbocycles. The molecular weight excluding hydrogens is 406 g/mol. The molecule has 0 aliphatic carbocycles. The molecule has 2 aliphatic heterocycles. The zero-order chi connectivity index (χ0) is 20.7. The van der Waals surface area contributed by atoms with Crippen LogP contribution in [0, 0.1) is 11.3 Å². The van der Waals surface area contributed by atoms with Gasteiger partial charge in [0.15, 0.2) is 5.82 Å². The molecule has 2 fully saturated rings. The molecule has 4 heterocycles. The number of aromatic nitrogens is 4. The molecule has 9 nitrogen and oxygen atoms in total. The molecule has 0 saturated carbocycles. The van der Waals surface area contributed by atoms with Gasteiger partial charge in [-0.15, -0.1) is 0 Å². The minimum atomic E-state index is -0.771. The predicted molar refractivity (Wildman–Crippen MR) is 114 cm³/mol. The van der Waals surface area contributed by atoms with Gasteiger partial charge in [-0.05, 0) is 50.0 Å². The SMILES string of the molecule is O=C(O)[C@]12CCNCC[C@H]1CN(c1ncc(Cl)c(Nc3ccc4[nH]ncc4c3)n1)C2. The van der Waals surface area contributed by atoms with Gasteiger partial charge in [0.25, 0.3) is 0 Å². The molecule has 3 aromatic rings. The number of carboxylic acids is 1. The monoisotopic (exact) mass is 427 g/mol. The lowest BCUT2D eigenvalue weighted by atomic mass is 9.74. The summed E-state index contributed by atoms with van der Waals surface area (Å²) in [5, 5.41) is 24.9. The van der Waals surface area contributed by atoms with Crippen molar-refractivity contribution in [3.63, 3.8) is 0 Å². The molecule has 0 unspecified atom stereocenters. The Kier molecular flexibility index (Phi) is 4.71. The summed E-state index contributed by atoms with van der Waals surface area (Å²) in [6.07, 6.45) is 4.74. The van der Waals surface area contributed by atoms with Crippen LogP contribution in [0.1, 0.15) is 12.8 Å². The van der Waals surface area contributed by atoms with Crippen LogP contribution in [0.4, 0.5) is 17.5 Å². The summed E-state index contributed by atoms with van der Waals surface area (Å²) in [6.45, 7) is 2.56. The van der Waals surface area contributed by atoms with Gasteiger partial charge in [0, 0.05) is 24.2 Å². The van der Waals surface area contributed by atoms with Gasteiger partial charge in [-0.25, -0.2) is 4.98 Å². The number of nitrogens with one attached hydrogen (secondary N) is 3. The van der Waals surface area contributed by atoms with Crippen LogP contribution in [-0.2, 0) is 4.79 Å². The van der Waals surface area contributed by atoms with Crippen molar-refractivity contribution in [2.24, 2.45) is 11.3 Å². The number of anilines is 3. The standard InChI is InChI=1S/C20H22ClN7O2/c21-15-9-23-19(26-17(15)25-14-1-2-16-12(7-14)8-24-27-16)28-10-13-3-5-22-6-4-20(13,11-28)18(29)30/h1-2,7-9,13,22H,3-6,10-11H2,(H,24,27)(H,29,30)(H,23,25,26)/t13-,20-/m0/s1. The number of fused-ring (bicyclic) bond motifs is 2. The van der Waals surface area contributed by atoms with E-state index in [0.717, 1.165) is 29.6 Å². The van der Waals surface area contributed by atoms with Crippen molar-refractivity contribution in [3.8, 4) is 0 Å². The predicted octanol–water partition coefficient (Wildman–Crippen LogP) is 2.64. The number of rotatable bonds is 4. The number of hydrogen-bond acceptors (Lipinski definition) is 7. The maximum absolute atomic E-state index is 12.2. The summed E-state index contributed by atoms with van der Waals surface area (Å²) >= 11 is 6.34. The maximum Gasteiger partial charge on any atom is 0.311 e. The van der Waals surface area contributed by atoms with Gasteiger partial charge in [0.1, 0.15) is 5.02 Å². The lowest BCUT2D eigenvalue weighted by Crippen LogP contribution is -2.39. The van der Waals surface area contributed by atoms with E-state index in [0.29, 0.717) is 42.8 Å². The quantitative estimate of drug-likeness (QED) is 0.501. The van der Waals surface area contributed by atoms with Crippen LogP contribution < -0.4 is 15.5 Å². The van der Waals surface area contributed by atoms with Crippen LogP contribution in [0.25, 0.3) is 10.9 Å². The number of nitrogens with zero attached hydrogens (tertiary/aromatic N) is 4. The normalized spacial score (nSPS) is 23.9. The number of carbonyl (C=O) groups is 1. The van der Waals surface area contributed by atoms with Gasteiger partial charge in [-0.3, -0.25) is 9.89 Å². The highest BCUT2D eigenvalue weighted by molar-refractivity contribution is 6.32. The first-order chi connectivity index (χ1) is 14.5. The van der Waals surface area contributed by atoms with Crippen molar-refractivity contribution in [3.05, 3.63) is 35.6 Å². The number of carboxylic acid groups (broad SMARTS) is 1. The van der Waals surface area contributed by atoms with Gasteiger partial charge in [0.2, 0.25) is 5.95 Å². The van der Waals surface area contributed by atoms with Gasteiger partial charge < -0.3 is 20.6 Å². The number of benzene rings is 1. The van der Waals surface area contributed by atoms with Crippen molar-refractivity contribution in [2.75, 3.05) is 36.4 Å². The van der Waals surface area contributed by atoms with Crippen LogP contribution >= 0.6 is 11.6 Å². The Labute approximate surface area is 177 Å². The highest BCUT2D eigenvalue weighted by Gasteiger charge is 2.53. The summed E-state index contributed by atoms with van der Waals surface area (Å²) in [7, 11) is 0. The number of H-pyrrole nitrogens is 1. The minimum Gasteiger partial charge on any atom is -0.481 e. The van der Waals surface area contributed by atoms with E-state index >= 15 is 0 Å². The van der Waals surface area contributed by atoms with Gasteiger partial charge in [-0.1, -0.05) is 11.6 Å². The van der Waals surface area contributed by atoms with Crippen molar-refractivity contribution >= 4 is 45.9 Å². The molecule has 0 amide bonds. The second-order valence-electron chi connectivity index (χ2n) is 7.99. The summed E-state index contributed by atoms with van der Waals surface area (Å²) < 4.78 is 0. The average molecular weight is 428 g/mol. The zero-order valence-electron chi connectivity index (χ0n) is 16.2. The second kappa shape index (κ2) is 7.41. The van der Waals surface area contributed by atoms with E-state index < -0.39 is 11.4 Å². The average Bonchev–Trinajstić information content (AvgIpc) is 3.29. The maximum atomic E-state index is 12.2. The largest absolute Gasteiger partial charge is 0.481 e. The fourth-order valence-electron chi connectivity index (χ4n) is 4.60. The van der Waals surface area contributed by atoms with Crippen molar-refractivity contribution < 1.29 is 9.90 Å². The van der Waals surface area contributed by atoms with E-state index in [-0.39, 0.29) is 5.92 Å². The fourth-order valence-corrected chi connectivity index (χ4v) is 4.73. The molecule has 156 valence electrons. The van der Waals surface area contributed by atoms with Crippen LogP contribution in [0.5, 0.6) is 0 Å². The molecule has 0 spiro atoms. The molecule has 5 rings (SSSR count). The topological polar surface area (TPSA) is 119 Å². The van der Waals surface area contributed by atoms with Crippen molar-refractivity contribution in [1.82, 2.24) is 25.5 Å². The summed E-state index contributed by atoms with van der Waals surface area (Å²) in [5.74, 6) is 0.305. The lowest BCUT2D eigenvalue weighted by molar-refractivity contribution is -0.150. The molecule has 10 heteroatoms. The van der Waals surface area contributed by atoms with Crippen LogP contribution in [0.3, 0.4) is 0 Å². The Hall–Kier alpha value is -2.91. The van der Waals surface area contributed by atoms with Crippen LogP contribution in [-0.4, -0.2) is 57.4 Å². The van der Waals surface area contributed by atoms with Gasteiger partial charge >= 0.3 is 5.97 Å². The first-order valence-corrected chi connectivity index (χ1v) is 10.3. The fraction of sp³-hybridized carbons (Fsp3) is 0.400. The number of halogens is 1. The summed E-state index contributed by atoms with van der Waals surface area (Å²) in [5.41, 5.74) is 1.00. The van der Waals surface area contributed by atoms with E-state index in [1.807, 2.05) is 23.1 Å². The first-order valence-electron chi connectivity index (χ1n) is 9.97. The first kappa shape index (κ1) is 19.1. The number of aliphatic carboxylic acids is 1. The van der Waals surface area contributed by atoms with Crippen molar-refractivity contribution in [1.29, 1.82) is 0 Å². The van der Waals surface area contributed by atoms with Crippen LogP contribution in [0.15, 0.2) is 30.6 Å². The summed E-state index contributed by atoms with van der Waals surface area (Å²) in [4.78, 5) is 23.2. The highest BCUT2D eigenvalue weighted by Crippen LogP contribution is 2.43. The minimum absolute atomic E-state index is 0.0594. The Morgan fingerprint density at radius 1 is 1.33 bits per heavy atom. The number of aromatic amines is 1. The van der Waals surface area contributed by atoms with E-state index in [1.165, 1.54) is 0 Å². The lowest BCUT2D eigenvalue weighted by Gasteiger charge is -2.27. The van der Waals surface area contributed by atoms with E-state index in [1.54, 1.807) is 12.4 Å². The molecule has 30 heavy (non-hydrogen) atoms. The van der Waals surface area contributed by atoms with E-state index in [2.05, 4.69) is 30.8 Å². The molecule has 2 aromatic heterocycles. The summed E-state index contributed by atoms with van der Waals surface area (Å²) in [6, 6.07) is 5.80. The molecule has 0 bridgehead atoms. The Balaban J connectivity index is 1.42. The third-order valence-corrected chi connectivity index (χ3v) is 6.53. The third-order valence-electron chi connectivity index (χ3n) is 6.26. The Morgan fingerprint density at radius 2 is 2.23 bits per heavy atom.